The van der Waals surface area contributed by atoms with Gasteiger partial charge in [-0.05, 0) is 12.8 Å². The lowest BCUT2D eigenvalue weighted by molar-refractivity contribution is -0.253. The number of rotatable bonds is 8. The number of carbonyl (C=O) groups is 4. The Hall–Kier alpha value is -2.42. The van der Waals surface area contributed by atoms with E-state index in [4.69, 9.17) is 23.7 Å². The summed E-state index contributed by atoms with van der Waals surface area (Å²) in [6.07, 6.45) is -2.20. The van der Waals surface area contributed by atoms with Crippen LogP contribution in [0.3, 0.4) is 0 Å². The first kappa shape index (κ1) is 22.6. The van der Waals surface area contributed by atoms with Crippen molar-refractivity contribution in [3.63, 3.8) is 0 Å². The summed E-state index contributed by atoms with van der Waals surface area (Å²) in [5.74, 6) is -2.46. The van der Waals surface area contributed by atoms with Crippen molar-refractivity contribution in [2.45, 2.75) is 71.1 Å². The summed E-state index contributed by atoms with van der Waals surface area (Å²) in [6, 6.07) is 0. The van der Waals surface area contributed by atoms with Gasteiger partial charge in [-0.3, -0.25) is 19.2 Å². The van der Waals surface area contributed by atoms with Gasteiger partial charge in [-0.2, -0.15) is 0 Å². The first-order valence-corrected chi connectivity index (χ1v) is 8.57. The summed E-state index contributed by atoms with van der Waals surface area (Å²) in [6.45, 7) is 8.22. The Morgan fingerprint density at radius 3 is 1.74 bits per heavy atom. The van der Waals surface area contributed by atoms with Crippen LogP contribution in [0.1, 0.15) is 40.5 Å². The second-order valence-electron chi connectivity index (χ2n) is 6.10. The lowest BCUT2D eigenvalue weighted by atomic mass is 9.92. The molecule has 0 bridgehead atoms. The molecule has 0 aromatic rings. The minimum atomic E-state index is -1.12. The van der Waals surface area contributed by atoms with Gasteiger partial charge in [-0.1, -0.05) is 6.08 Å². The molecule has 2 unspecified atom stereocenters. The van der Waals surface area contributed by atoms with Crippen LogP contribution in [0.2, 0.25) is 0 Å². The van der Waals surface area contributed by atoms with Gasteiger partial charge < -0.3 is 23.7 Å². The number of carbonyl (C=O) groups excluding carboxylic acids is 4. The van der Waals surface area contributed by atoms with Crippen LogP contribution in [0.25, 0.3) is 0 Å². The molecule has 0 aromatic heterocycles. The van der Waals surface area contributed by atoms with E-state index in [1.165, 1.54) is 27.7 Å². The molecule has 152 valence electrons. The molecule has 1 rings (SSSR count). The van der Waals surface area contributed by atoms with Crippen LogP contribution in [0.15, 0.2) is 12.7 Å². The fraction of sp³-hybridized carbons (Fsp3) is 0.667. The molecule has 0 aliphatic carbocycles. The molecule has 0 saturated carbocycles. The van der Waals surface area contributed by atoms with Crippen molar-refractivity contribution in [2.24, 2.45) is 0 Å². The van der Waals surface area contributed by atoms with Gasteiger partial charge in [0.15, 0.2) is 18.3 Å². The Kier molecular flexibility index (Phi) is 8.93. The van der Waals surface area contributed by atoms with Gasteiger partial charge in [-0.25, -0.2) is 0 Å². The van der Waals surface area contributed by atoms with E-state index in [2.05, 4.69) is 6.58 Å². The Labute approximate surface area is 157 Å². The third-order valence-corrected chi connectivity index (χ3v) is 3.74. The van der Waals surface area contributed by atoms with Crippen LogP contribution in [-0.2, 0) is 42.9 Å². The Balaban J connectivity index is 3.24. The molecule has 0 N–H and O–H groups in total. The first-order valence-electron chi connectivity index (χ1n) is 8.57. The van der Waals surface area contributed by atoms with Crippen molar-refractivity contribution in [2.75, 3.05) is 6.61 Å². The standard InChI is InChI=1S/C18H26O9/c1-6-7-8-14-16(24-11(3)20)18(26-13(5)22)17(25-12(4)21)15(27-14)9-23-10(2)19/h6,14-18H,1,7-9H2,2-5H3/t14-,15?,16?,17-,18+/m0/s1. The smallest absolute Gasteiger partial charge is 0.303 e. The third kappa shape index (κ3) is 7.38. The minimum absolute atomic E-state index is 0.220. The maximum Gasteiger partial charge on any atom is 0.303 e. The molecule has 0 spiro atoms. The quantitative estimate of drug-likeness (QED) is 0.343. The fourth-order valence-electron chi connectivity index (χ4n) is 2.83. The van der Waals surface area contributed by atoms with Crippen molar-refractivity contribution in [3.05, 3.63) is 12.7 Å². The zero-order chi connectivity index (χ0) is 20.6. The number of hydrogen-bond donors (Lipinski definition) is 0. The SMILES string of the molecule is C=CCC[C@@H]1OC(COC(C)=O)[C@H](OC(C)=O)[C@H](OC(C)=O)C1OC(C)=O. The molecule has 0 aromatic carbocycles. The maximum absolute atomic E-state index is 11.6. The van der Waals surface area contributed by atoms with E-state index < -0.39 is 54.4 Å². The summed E-state index contributed by atoms with van der Waals surface area (Å²) >= 11 is 0. The monoisotopic (exact) mass is 386 g/mol. The number of ether oxygens (including phenoxy) is 5. The Morgan fingerprint density at radius 1 is 0.815 bits per heavy atom. The molecule has 9 heteroatoms. The summed E-state index contributed by atoms with van der Waals surface area (Å²) in [5.41, 5.74) is 0. The van der Waals surface area contributed by atoms with E-state index in [0.717, 1.165) is 0 Å². The highest BCUT2D eigenvalue weighted by molar-refractivity contribution is 5.68. The summed E-state index contributed by atoms with van der Waals surface area (Å²) in [7, 11) is 0. The van der Waals surface area contributed by atoms with Gasteiger partial charge >= 0.3 is 23.9 Å². The van der Waals surface area contributed by atoms with Crippen molar-refractivity contribution in [1.29, 1.82) is 0 Å². The molecule has 1 heterocycles. The van der Waals surface area contributed by atoms with Crippen molar-refractivity contribution >= 4 is 23.9 Å². The molecule has 1 saturated heterocycles. The van der Waals surface area contributed by atoms with Crippen molar-refractivity contribution in [3.8, 4) is 0 Å². The van der Waals surface area contributed by atoms with Crippen LogP contribution in [0.5, 0.6) is 0 Å². The third-order valence-electron chi connectivity index (χ3n) is 3.74. The maximum atomic E-state index is 11.6. The highest BCUT2D eigenvalue weighted by Crippen LogP contribution is 2.31. The number of allylic oxidation sites excluding steroid dienone is 1. The van der Waals surface area contributed by atoms with E-state index in [1.54, 1.807) is 6.08 Å². The van der Waals surface area contributed by atoms with Crippen LogP contribution < -0.4 is 0 Å². The van der Waals surface area contributed by atoms with Crippen LogP contribution >= 0.6 is 0 Å². The van der Waals surface area contributed by atoms with Crippen LogP contribution in [-0.4, -0.2) is 61.0 Å². The molecular weight excluding hydrogens is 360 g/mol. The molecule has 27 heavy (non-hydrogen) atoms. The molecule has 5 atom stereocenters. The zero-order valence-electron chi connectivity index (χ0n) is 16.0. The Morgan fingerprint density at radius 2 is 1.30 bits per heavy atom. The second-order valence-corrected chi connectivity index (χ2v) is 6.10. The summed E-state index contributed by atoms with van der Waals surface area (Å²) in [4.78, 5) is 45.9. The number of hydrogen-bond acceptors (Lipinski definition) is 9. The van der Waals surface area contributed by atoms with Gasteiger partial charge in [0, 0.05) is 27.7 Å². The van der Waals surface area contributed by atoms with Gasteiger partial charge in [0.25, 0.3) is 0 Å². The van der Waals surface area contributed by atoms with Gasteiger partial charge in [0.05, 0.1) is 6.10 Å². The van der Waals surface area contributed by atoms with E-state index in [-0.39, 0.29) is 6.61 Å². The average molecular weight is 386 g/mol. The van der Waals surface area contributed by atoms with E-state index in [0.29, 0.717) is 12.8 Å². The molecular formula is C18H26O9. The van der Waals surface area contributed by atoms with Gasteiger partial charge in [-0.15, -0.1) is 6.58 Å². The van der Waals surface area contributed by atoms with Crippen LogP contribution in [0, 0.1) is 0 Å². The molecule has 9 nitrogen and oxygen atoms in total. The van der Waals surface area contributed by atoms with E-state index in [1.807, 2.05) is 0 Å². The van der Waals surface area contributed by atoms with Gasteiger partial charge in [0.1, 0.15) is 12.7 Å². The van der Waals surface area contributed by atoms with E-state index in [9.17, 15) is 19.2 Å². The lowest BCUT2D eigenvalue weighted by Crippen LogP contribution is -2.62. The van der Waals surface area contributed by atoms with Gasteiger partial charge in [0.2, 0.25) is 0 Å². The predicted molar refractivity (Wildman–Crippen MR) is 91.4 cm³/mol. The van der Waals surface area contributed by atoms with E-state index >= 15 is 0 Å². The predicted octanol–water partition coefficient (Wildman–Crippen LogP) is 1.08. The molecule has 0 radical (unpaired) electrons. The summed E-state index contributed by atoms with van der Waals surface area (Å²) < 4.78 is 26.8. The Bertz CT molecular complexity index is 571. The highest BCUT2D eigenvalue weighted by atomic mass is 16.7. The minimum Gasteiger partial charge on any atom is -0.463 e. The normalized spacial score (nSPS) is 27.2. The zero-order valence-corrected chi connectivity index (χ0v) is 16.0. The molecule has 1 fully saturated rings. The lowest BCUT2D eigenvalue weighted by Gasteiger charge is -2.44. The van der Waals surface area contributed by atoms with Crippen molar-refractivity contribution < 1.29 is 42.9 Å². The summed E-state index contributed by atoms with van der Waals surface area (Å²) in [5, 5.41) is 0. The van der Waals surface area contributed by atoms with Crippen molar-refractivity contribution in [1.82, 2.24) is 0 Å². The fourth-order valence-corrected chi connectivity index (χ4v) is 2.83. The largest absolute Gasteiger partial charge is 0.463 e. The average Bonchev–Trinajstić information content (AvgIpc) is 2.54. The number of esters is 4. The highest BCUT2D eigenvalue weighted by Gasteiger charge is 2.51. The first-order chi connectivity index (χ1) is 12.6. The second kappa shape index (κ2) is 10.7. The topological polar surface area (TPSA) is 114 Å². The molecule has 1 aliphatic rings. The molecule has 0 amide bonds. The molecule has 1 aliphatic heterocycles. The van der Waals surface area contributed by atoms with Crippen LogP contribution in [0.4, 0.5) is 0 Å².